The fourth-order valence-electron chi connectivity index (χ4n) is 2.45. The van der Waals surface area contributed by atoms with Gasteiger partial charge in [-0.3, -0.25) is 9.78 Å². The molecular weight excluding hydrogens is 338 g/mol. The van der Waals surface area contributed by atoms with E-state index in [4.69, 9.17) is 4.74 Å². The van der Waals surface area contributed by atoms with Gasteiger partial charge in [0.1, 0.15) is 5.69 Å². The molecule has 0 aliphatic heterocycles. The molecule has 8 nitrogen and oxygen atoms in total. The number of anilines is 1. The van der Waals surface area contributed by atoms with Crippen molar-refractivity contribution < 1.29 is 23.9 Å². The normalized spacial score (nSPS) is 10.4. The number of fused-ring (bicyclic) bond motifs is 1. The van der Waals surface area contributed by atoms with Crippen molar-refractivity contribution in [3.05, 3.63) is 59.4 Å². The van der Waals surface area contributed by atoms with Crippen LogP contribution in [0.15, 0.2) is 42.6 Å². The Balaban J connectivity index is 1.96. The summed E-state index contributed by atoms with van der Waals surface area (Å²) in [4.78, 5) is 43.3. The Kier molecular flexibility index (Phi) is 4.66. The Morgan fingerprint density at radius 1 is 1.04 bits per heavy atom. The second-order valence-corrected chi connectivity index (χ2v) is 5.32. The fourth-order valence-corrected chi connectivity index (χ4v) is 2.45. The number of pyridine rings is 1. The van der Waals surface area contributed by atoms with Crippen LogP contribution in [0.5, 0.6) is 0 Å². The van der Waals surface area contributed by atoms with Gasteiger partial charge in [-0.25, -0.2) is 9.59 Å². The van der Waals surface area contributed by atoms with E-state index >= 15 is 0 Å². The number of carbonyl (C=O) groups is 3. The summed E-state index contributed by atoms with van der Waals surface area (Å²) in [5.74, 6) is -1.73. The number of nitrogens with one attached hydrogen (secondary N) is 2. The van der Waals surface area contributed by atoms with Crippen molar-refractivity contribution in [3.8, 4) is 0 Å². The molecule has 2 heterocycles. The van der Waals surface area contributed by atoms with Crippen molar-refractivity contribution in [2.24, 2.45) is 0 Å². The van der Waals surface area contributed by atoms with Crippen LogP contribution >= 0.6 is 0 Å². The molecule has 0 unspecified atom stereocenters. The van der Waals surface area contributed by atoms with E-state index in [1.807, 2.05) is 0 Å². The molecule has 3 aromatic rings. The Morgan fingerprint density at radius 2 is 1.81 bits per heavy atom. The Labute approximate surface area is 148 Å². The van der Waals surface area contributed by atoms with Crippen LogP contribution in [0.1, 0.15) is 31.2 Å². The number of carbonyl (C=O) groups excluding carboxylic acids is 3. The number of aromatic amines is 1. The molecule has 2 aromatic heterocycles. The summed E-state index contributed by atoms with van der Waals surface area (Å²) in [5.41, 5.74) is 2.04. The van der Waals surface area contributed by atoms with Crippen LogP contribution in [0.2, 0.25) is 0 Å². The lowest BCUT2D eigenvalue weighted by Gasteiger charge is -2.11. The maximum absolute atomic E-state index is 12.6. The van der Waals surface area contributed by atoms with Crippen molar-refractivity contribution in [1.29, 1.82) is 0 Å². The molecule has 0 aliphatic rings. The summed E-state index contributed by atoms with van der Waals surface area (Å²) in [6.45, 7) is 0. The highest BCUT2D eigenvalue weighted by Gasteiger charge is 2.19. The summed E-state index contributed by atoms with van der Waals surface area (Å²) >= 11 is 0. The first-order valence-electron chi connectivity index (χ1n) is 7.59. The maximum atomic E-state index is 12.6. The van der Waals surface area contributed by atoms with E-state index in [1.165, 1.54) is 32.4 Å². The minimum absolute atomic E-state index is 0.114. The molecule has 1 amide bonds. The van der Waals surface area contributed by atoms with E-state index in [0.717, 1.165) is 0 Å². The number of methoxy groups -OCH3 is 2. The molecule has 1 aromatic carbocycles. The largest absolute Gasteiger partial charge is 0.465 e. The molecule has 0 radical (unpaired) electrons. The molecule has 3 rings (SSSR count). The minimum Gasteiger partial charge on any atom is -0.465 e. The van der Waals surface area contributed by atoms with Gasteiger partial charge in [-0.15, -0.1) is 0 Å². The molecule has 132 valence electrons. The summed E-state index contributed by atoms with van der Waals surface area (Å²) in [6, 6.07) is 9.29. The van der Waals surface area contributed by atoms with Crippen molar-refractivity contribution in [1.82, 2.24) is 9.97 Å². The molecule has 0 atom stereocenters. The SMILES string of the molecule is COC(=O)c1ccc(C(=O)OC)c(NC(=O)c2cc3ncccc3[nH]2)c1. The summed E-state index contributed by atoms with van der Waals surface area (Å²) < 4.78 is 9.38. The van der Waals surface area contributed by atoms with Crippen LogP contribution in [-0.4, -0.2) is 42.0 Å². The molecule has 0 bridgehead atoms. The lowest BCUT2D eigenvalue weighted by molar-refractivity contribution is 0.0587. The van der Waals surface area contributed by atoms with Crippen LogP contribution in [0, 0.1) is 0 Å². The molecule has 8 heteroatoms. The zero-order chi connectivity index (χ0) is 18.7. The van der Waals surface area contributed by atoms with Gasteiger partial charge in [0.15, 0.2) is 0 Å². The Hall–Kier alpha value is -3.68. The highest BCUT2D eigenvalue weighted by Crippen LogP contribution is 2.21. The van der Waals surface area contributed by atoms with Gasteiger partial charge in [0.25, 0.3) is 5.91 Å². The van der Waals surface area contributed by atoms with Crippen molar-refractivity contribution in [3.63, 3.8) is 0 Å². The second kappa shape index (κ2) is 7.06. The third-order valence-electron chi connectivity index (χ3n) is 3.73. The number of aromatic nitrogens is 2. The van der Waals surface area contributed by atoms with Crippen LogP contribution in [0.4, 0.5) is 5.69 Å². The van der Waals surface area contributed by atoms with Crippen LogP contribution in [0.3, 0.4) is 0 Å². The standard InChI is InChI=1S/C18H15N3O5/c1-25-17(23)10-5-6-11(18(24)26-2)13(8-10)21-16(22)15-9-14-12(20-15)4-3-7-19-14/h3-9,20H,1-2H3,(H,21,22). The molecular formula is C18H15N3O5. The van der Waals surface area contributed by atoms with E-state index in [9.17, 15) is 14.4 Å². The quantitative estimate of drug-likeness (QED) is 0.697. The van der Waals surface area contributed by atoms with Gasteiger partial charge in [0.2, 0.25) is 0 Å². The number of ether oxygens (including phenoxy) is 2. The molecule has 26 heavy (non-hydrogen) atoms. The summed E-state index contributed by atoms with van der Waals surface area (Å²) in [7, 11) is 2.47. The number of H-pyrrole nitrogens is 1. The zero-order valence-electron chi connectivity index (χ0n) is 14.0. The predicted molar refractivity (Wildman–Crippen MR) is 93.2 cm³/mol. The molecule has 0 saturated carbocycles. The molecule has 0 fully saturated rings. The van der Waals surface area contributed by atoms with Gasteiger partial charge in [-0.1, -0.05) is 0 Å². The monoisotopic (exact) mass is 353 g/mol. The first kappa shape index (κ1) is 17.2. The van der Waals surface area contributed by atoms with Crippen LogP contribution in [-0.2, 0) is 9.47 Å². The van der Waals surface area contributed by atoms with Gasteiger partial charge < -0.3 is 19.8 Å². The highest BCUT2D eigenvalue weighted by atomic mass is 16.5. The van der Waals surface area contributed by atoms with Crippen molar-refractivity contribution >= 4 is 34.6 Å². The molecule has 0 saturated heterocycles. The van der Waals surface area contributed by atoms with Gasteiger partial charge in [-0.05, 0) is 36.4 Å². The highest BCUT2D eigenvalue weighted by molar-refractivity contribution is 6.09. The summed E-state index contributed by atoms with van der Waals surface area (Å²) in [6.07, 6.45) is 1.62. The van der Waals surface area contributed by atoms with Gasteiger partial charge >= 0.3 is 11.9 Å². The predicted octanol–water partition coefficient (Wildman–Crippen LogP) is 2.39. The number of nitrogens with zero attached hydrogens (tertiary/aromatic N) is 1. The first-order chi connectivity index (χ1) is 12.5. The van der Waals surface area contributed by atoms with Gasteiger partial charge in [-0.2, -0.15) is 0 Å². The van der Waals surface area contributed by atoms with E-state index in [2.05, 4.69) is 20.0 Å². The van der Waals surface area contributed by atoms with Gasteiger partial charge in [0.05, 0.1) is 42.1 Å². The number of hydrogen-bond donors (Lipinski definition) is 2. The third kappa shape index (κ3) is 3.25. The average Bonchev–Trinajstić information content (AvgIpc) is 3.11. The number of rotatable bonds is 4. The minimum atomic E-state index is -0.643. The van der Waals surface area contributed by atoms with E-state index < -0.39 is 17.8 Å². The van der Waals surface area contributed by atoms with E-state index in [1.54, 1.807) is 24.4 Å². The average molecular weight is 353 g/mol. The van der Waals surface area contributed by atoms with Crippen LogP contribution < -0.4 is 5.32 Å². The molecule has 0 aliphatic carbocycles. The lowest BCUT2D eigenvalue weighted by Crippen LogP contribution is -2.16. The lowest BCUT2D eigenvalue weighted by atomic mass is 10.1. The number of amides is 1. The van der Waals surface area contributed by atoms with E-state index in [0.29, 0.717) is 11.0 Å². The third-order valence-corrected chi connectivity index (χ3v) is 3.73. The maximum Gasteiger partial charge on any atom is 0.339 e. The number of esters is 2. The fraction of sp³-hybridized carbons (Fsp3) is 0.111. The van der Waals surface area contributed by atoms with E-state index in [-0.39, 0.29) is 22.5 Å². The smallest absolute Gasteiger partial charge is 0.339 e. The van der Waals surface area contributed by atoms with Crippen molar-refractivity contribution in [2.75, 3.05) is 19.5 Å². The topological polar surface area (TPSA) is 110 Å². The molecule has 2 N–H and O–H groups in total. The Morgan fingerprint density at radius 3 is 2.50 bits per heavy atom. The first-order valence-corrected chi connectivity index (χ1v) is 7.59. The summed E-state index contributed by atoms with van der Waals surface area (Å²) in [5, 5.41) is 2.62. The van der Waals surface area contributed by atoms with Crippen LogP contribution in [0.25, 0.3) is 11.0 Å². The van der Waals surface area contributed by atoms with Gasteiger partial charge in [0, 0.05) is 6.20 Å². The second-order valence-electron chi connectivity index (χ2n) is 5.32. The number of hydrogen-bond acceptors (Lipinski definition) is 6. The Bertz CT molecular complexity index is 976. The zero-order valence-corrected chi connectivity index (χ0v) is 14.0. The number of benzene rings is 1. The van der Waals surface area contributed by atoms with Crippen molar-refractivity contribution in [2.45, 2.75) is 0 Å². The molecule has 0 spiro atoms.